The largest absolute Gasteiger partial charge is 0.308 e. The van der Waals surface area contributed by atoms with Crippen LogP contribution in [0.3, 0.4) is 0 Å². The van der Waals surface area contributed by atoms with Crippen molar-refractivity contribution in [1.29, 1.82) is 0 Å². The minimum absolute atomic E-state index is 0.0907. The smallest absolute Gasteiger partial charge is 0.228 e. The summed E-state index contributed by atoms with van der Waals surface area (Å²) in [5.74, 6) is -0.958. The van der Waals surface area contributed by atoms with Gasteiger partial charge in [0.05, 0.1) is 6.54 Å². The first-order valence-electron chi connectivity index (χ1n) is 10.0. The van der Waals surface area contributed by atoms with Gasteiger partial charge in [0, 0.05) is 33.6 Å². The number of halogens is 3. The van der Waals surface area contributed by atoms with Gasteiger partial charge in [-0.2, -0.15) is 0 Å². The third-order valence-electron chi connectivity index (χ3n) is 5.90. The van der Waals surface area contributed by atoms with E-state index in [2.05, 4.69) is 0 Å². The summed E-state index contributed by atoms with van der Waals surface area (Å²) in [6.45, 7) is 0.349. The summed E-state index contributed by atoms with van der Waals surface area (Å²) in [4.78, 5) is 15.1. The Hall–Kier alpha value is -2.88. The minimum Gasteiger partial charge on any atom is -0.308 e. The molecule has 1 aliphatic rings. The zero-order chi connectivity index (χ0) is 21.5. The molecule has 0 aromatic heterocycles. The highest BCUT2D eigenvalue weighted by Crippen LogP contribution is 2.46. The van der Waals surface area contributed by atoms with Crippen LogP contribution in [0, 0.1) is 5.82 Å². The fourth-order valence-electron chi connectivity index (χ4n) is 4.47. The standard InChI is InChI=1S/C26H18Cl2FNO/c27-20-9-4-2-7-17(20)15-30-23-13-12-16-6-1-3-8-18(16)25(23)19(14-24(30)31)26-21(28)10-5-11-22(26)29/h1-13,19H,14-15H2. The molecule has 1 heterocycles. The van der Waals surface area contributed by atoms with Crippen molar-refractivity contribution in [3.8, 4) is 0 Å². The molecule has 0 fully saturated rings. The maximum atomic E-state index is 14.9. The van der Waals surface area contributed by atoms with Crippen molar-refractivity contribution >= 4 is 45.6 Å². The molecule has 1 aliphatic heterocycles. The van der Waals surface area contributed by atoms with Crippen molar-refractivity contribution in [3.63, 3.8) is 0 Å². The molecule has 31 heavy (non-hydrogen) atoms. The lowest BCUT2D eigenvalue weighted by Crippen LogP contribution is -2.37. The fraction of sp³-hybridized carbons (Fsp3) is 0.115. The lowest BCUT2D eigenvalue weighted by molar-refractivity contribution is -0.119. The minimum atomic E-state index is -0.468. The fourth-order valence-corrected chi connectivity index (χ4v) is 4.96. The van der Waals surface area contributed by atoms with Gasteiger partial charge in [-0.05, 0) is 46.2 Å². The Labute approximate surface area is 189 Å². The molecule has 0 radical (unpaired) electrons. The van der Waals surface area contributed by atoms with E-state index >= 15 is 0 Å². The third-order valence-corrected chi connectivity index (χ3v) is 6.60. The van der Waals surface area contributed by atoms with Crippen LogP contribution in [0.1, 0.15) is 29.0 Å². The molecule has 5 rings (SSSR count). The number of carbonyl (C=O) groups excluding carboxylic acids is 1. The van der Waals surface area contributed by atoms with Crippen molar-refractivity contribution in [3.05, 3.63) is 111 Å². The molecular weight excluding hydrogens is 432 g/mol. The predicted molar refractivity (Wildman–Crippen MR) is 124 cm³/mol. The van der Waals surface area contributed by atoms with Crippen molar-refractivity contribution in [2.45, 2.75) is 18.9 Å². The van der Waals surface area contributed by atoms with E-state index in [9.17, 15) is 9.18 Å². The Morgan fingerprint density at radius 1 is 0.839 bits per heavy atom. The lowest BCUT2D eigenvalue weighted by atomic mass is 9.81. The molecule has 4 aromatic rings. The van der Waals surface area contributed by atoms with Gasteiger partial charge >= 0.3 is 0 Å². The van der Waals surface area contributed by atoms with Gasteiger partial charge in [-0.25, -0.2) is 4.39 Å². The van der Waals surface area contributed by atoms with Gasteiger partial charge in [0.2, 0.25) is 5.91 Å². The summed E-state index contributed by atoms with van der Waals surface area (Å²) >= 11 is 12.8. The maximum absolute atomic E-state index is 14.9. The van der Waals surface area contributed by atoms with E-state index < -0.39 is 11.7 Å². The van der Waals surface area contributed by atoms with Gasteiger partial charge in [-0.15, -0.1) is 0 Å². The van der Waals surface area contributed by atoms with Crippen molar-refractivity contribution < 1.29 is 9.18 Å². The first-order chi connectivity index (χ1) is 15.0. The van der Waals surface area contributed by atoms with Crippen LogP contribution in [0.4, 0.5) is 10.1 Å². The van der Waals surface area contributed by atoms with Crippen LogP contribution in [0.2, 0.25) is 10.0 Å². The van der Waals surface area contributed by atoms with E-state index in [0.717, 1.165) is 27.6 Å². The summed E-state index contributed by atoms with van der Waals surface area (Å²) in [5, 5.41) is 2.96. The van der Waals surface area contributed by atoms with Crippen LogP contribution in [-0.4, -0.2) is 5.91 Å². The summed E-state index contributed by atoms with van der Waals surface area (Å²) in [6.07, 6.45) is 0.131. The Morgan fingerprint density at radius 3 is 2.39 bits per heavy atom. The summed E-state index contributed by atoms with van der Waals surface area (Å²) in [5.41, 5.74) is 2.91. The van der Waals surface area contributed by atoms with Gasteiger partial charge in [0.25, 0.3) is 0 Å². The Balaban J connectivity index is 1.73. The summed E-state index contributed by atoms with van der Waals surface area (Å²) in [7, 11) is 0. The molecule has 2 nitrogen and oxygen atoms in total. The highest BCUT2D eigenvalue weighted by atomic mass is 35.5. The molecule has 0 saturated heterocycles. The quantitative estimate of drug-likeness (QED) is 0.320. The molecule has 1 unspecified atom stereocenters. The normalized spacial score (nSPS) is 15.9. The first-order valence-corrected chi connectivity index (χ1v) is 10.8. The molecule has 0 aliphatic carbocycles. The van der Waals surface area contributed by atoms with Crippen LogP contribution < -0.4 is 4.90 Å². The van der Waals surface area contributed by atoms with E-state index in [1.807, 2.05) is 60.7 Å². The number of benzene rings is 4. The number of anilines is 1. The summed E-state index contributed by atoms with van der Waals surface area (Å²) < 4.78 is 14.9. The average molecular weight is 450 g/mol. The number of hydrogen-bond acceptors (Lipinski definition) is 1. The van der Waals surface area contributed by atoms with E-state index in [0.29, 0.717) is 22.2 Å². The molecule has 4 aromatic carbocycles. The zero-order valence-electron chi connectivity index (χ0n) is 16.5. The Morgan fingerprint density at radius 2 is 1.58 bits per heavy atom. The maximum Gasteiger partial charge on any atom is 0.228 e. The second-order valence-electron chi connectivity index (χ2n) is 7.68. The Kier molecular flexibility index (Phi) is 5.17. The molecule has 0 saturated carbocycles. The van der Waals surface area contributed by atoms with Crippen LogP contribution in [-0.2, 0) is 11.3 Å². The second-order valence-corrected chi connectivity index (χ2v) is 8.50. The van der Waals surface area contributed by atoms with E-state index in [1.165, 1.54) is 6.07 Å². The van der Waals surface area contributed by atoms with Gasteiger partial charge in [-0.3, -0.25) is 4.79 Å². The third kappa shape index (κ3) is 3.48. The number of carbonyl (C=O) groups is 1. The zero-order valence-corrected chi connectivity index (χ0v) is 18.0. The monoisotopic (exact) mass is 449 g/mol. The van der Waals surface area contributed by atoms with Gasteiger partial charge in [0.1, 0.15) is 5.82 Å². The highest BCUT2D eigenvalue weighted by Gasteiger charge is 2.36. The number of nitrogens with zero attached hydrogens (tertiary/aromatic N) is 1. The van der Waals surface area contributed by atoms with E-state index in [1.54, 1.807) is 17.0 Å². The topological polar surface area (TPSA) is 20.3 Å². The van der Waals surface area contributed by atoms with Gasteiger partial charge < -0.3 is 4.90 Å². The van der Waals surface area contributed by atoms with Crippen molar-refractivity contribution in [2.75, 3.05) is 4.90 Å². The number of amides is 1. The number of hydrogen-bond donors (Lipinski definition) is 0. The Bertz CT molecular complexity index is 1300. The molecule has 154 valence electrons. The first kappa shape index (κ1) is 20.0. The van der Waals surface area contributed by atoms with Crippen LogP contribution in [0.15, 0.2) is 78.9 Å². The lowest BCUT2D eigenvalue weighted by Gasteiger charge is -2.36. The van der Waals surface area contributed by atoms with E-state index in [-0.39, 0.29) is 12.3 Å². The van der Waals surface area contributed by atoms with E-state index in [4.69, 9.17) is 23.2 Å². The summed E-state index contributed by atoms with van der Waals surface area (Å²) in [6, 6.07) is 24.0. The van der Waals surface area contributed by atoms with Crippen molar-refractivity contribution in [2.24, 2.45) is 0 Å². The molecular formula is C26H18Cl2FNO. The number of fused-ring (bicyclic) bond motifs is 3. The SMILES string of the molecule is O=C1CC(c2c(F)cccc2Cl)c2c(ccc3ccccc23)N1Cc1ccccc1Cl. The van der Waals surface area contributed by atoms with Gasteiger partial charge in [0.15, 0.2) is 0 Å². The molecule has 0 bridgehead atoms. The molecule has 0 spiro atoms. The predicted octanol–water partition coefficient (Wildman–Crippen LogP) is 7.35. The highest BCUT2D eigenvalue weighted by molar-refractivity contribution is 6.32. The van der Waals surface area contributed by atoms with Crippen LogP contribution in [0.5, 0.6) is 0 Å². The molecule has 1 amide bonds. The van der Waals surface area contributed by atoms with Crippen molar-refractivity contribution in [1.82, 2.24) is 0 Å². The average Bonchev–Trinajstić information content (AvgIpc) is 2.76. The molecule has 1 atom stereocenters. The second kappa shape index (κ2) is 7.99. The van der Waals surface area contributed by atoms with Crippen LogP contribution in [0.25, 0.3) is 10.8 Å². The molecule has 5 heteroatoms. The number of rotatable bonds is 3. The van der Waals surface area contributed by atoms with Crippen LogP contribution >= 0.6 is 23.2 Å². The molecule has 0 N–H and O–H groups in total. The van der Waals surface area contributed by atoms with Gasteiger partial charge in [-0.1, -0.05) is 77.8 Å².